The van der Waals surface area contributed by atoms with Gasteiger partial charge in [0, 0.05) is 36.3 Å². The summed E-state index contributed by atoms with van der Waals surface area (Å²) in [5.74, 6) is -1.35. The van der Waals surface area contributed by atoms with E-state index in [-0.39, 0.29) is 23.8 Å². The van der Waals surface area contributed by atoms with Gasteiger partial charge in [-0.1, -0.05) is 35.9 Å². The summed E-state index contributed by atoms with van der Waals surface area (Å²) in [6.45, 7) is 3.25. The molecule has 1 atom stereocenters. The van der Waals surface area contributed by atoms with Crippen LogP contribution < -0.4 is 10.2 Å². The minimum atomic E-state index is -4.11. The predicted molar refractivity (Wildman–Crippen MR) is 149 cm³/mol. The number of carbonyl (C=O) groups is 3. The van der Waals surface area contributed by atoms with Crippen molar-refractivity contribution in [2.24, 2.45) is 0 Å². The van der Waals surface area contributed by atoms with Crippen molar-refractivity contribution in [2.75, 3.05) is 16.8 Å². The quantitative estimate of drug-likeness (QED) is 0.325. The molecular weight excluding hydrogens is 516 g/mol. The van der Waals surface area contributed by atoms with Gasteiger partial charge in [0.05, 0.1) is 17.0 Å². The van der Waals surface area contributed by atoms with E-state index in [2.05, 4.69) is 10.3 Å². The number of aryl methyl sites for hydroxylation is 1. The van der Waals surface area contributed by atoms with Gasteiger partial charge in [0.2, 0.25) is 21.8 Å². The zero-order valence-electron chi connectivity index (χ0n) is 21.5. The number of para-hydroxylation sites is 1. The van der Waals surface area contributed by atoms with Crippen molar-refractivity contribution in [1.82, 2.24) is 9.29 Å². The highest BCUT2D eigenvalue weighted by Crippen LogP contribution is 2.31. The SMILES string of the molecule is CC(=O)Nc1ccc(N2C(=O)CC(N(CCc3c[nH]c4ccccc34)S(=O)(=O)c3ccc(C)cc3)C2=O)cc1. The molecule has 39 heavy (non-hydrogen) atoms. The molecule has 1 unspecified atom stereocenters. The van der Waals surface area contributed by atoms with Crippen molar-refractivity contribution in [2.45, 2.75) is 37.6 Å². The Morgan fingerprint density at radius 3 is 2.41 bits per heavy atom. The van der Waals surface area contributed by atoms with Crippen LogP contribution in [0.5, 0.6) is 0 Å². The molecule has 0 spiro atoms. The van der Waals surface area contributed by atoms with Crippen LogP contribution in [0.15, 0.2) is 83.9 Å². The molecule has 0 bridgehead atoms. The van der Waals surface area contributed by atoms with Crippen LogP contribution in [0, 0.1) is 6.92 Å². The lowest BCUT2D eigenvalue weighted by Crippen LogP contribution is -2.46. The number of aromatic nitrogens is 1. The normalized spacial score (nSPS) is 15.9. The van der Waals surface area contributed by atoms with Crippen LogP contribution in [-0.4, -0.2) is 48.0 Å². The molecule has 1 aliphatic heterocycles. The molecule has 0 saturated carbocycles. The molecule has 0 aliphatic carbocycles. The maximum Gasteiger partial charge on any atom is 0.252 e. The lowest BCUT2D eigenvalue weighted by molar-refractivity contribution is -0.122. The molecular formula is C29H28N4O5S. The molecule has 4 aromatic rings. The summed E-state index contributed by atoms with van der Waals surface area (Å²) in [6, 6.07) is 19.2. The lowest BCUT2D eigenvalue weighted by atomic mass is 10.1. The number of imide groups is 1. The van der Waals surface area contributed by atoms with Crippen LogP contribution >= 0.6 is 0 Å². The fourth-order valence-electron chi connectivity index (χ4n) is 4.87. The van der Waals surface area contributed by atoms with E-state index in [0.29, 0.717) is 17.8 Å². The van der Waals surface area contributed by atoms with Gasteiger partial charge in [-0.2, -0.15) is 4.31 Å². The summed E-state index contributed by atoms with van der Waals surface area (Å²) in [7, 11) is -4.11. The average Bonchev–Trinajstić information content (AvgIpc) is 3.44. The molecule has 9 nitrogen and oxygen atoms in total. The monoisotopic (exact) mass is 544 g/mol. The first kappa shape index (κ1) is 26.3. The number of carbonyl (C=O) groups excluding carboxylic acids is 3. The molecule has 0 radical (unpaired) electrons. The number of hydrogen-bond donors (Lipinski definition) is 2. The standard InChI is InChI=1S/C29H28N4O5S/c1-19-7-13-24(14-8-19)39(37,38)32(16-15-21-18-30-26-6-4-3-5-25(21)26)27-17-28(35)33(29(27)36)23-11-9-22(10-12-23)31-20(2)34/h3-14,18,27,30H,15-17H2,1-2H3,(H,31,34). The molecule has 3 aromatic carbocycles. The maximum absolute atomic E-state index is 13.9. The van der Waals surface area contributed by atoms with Crippen molar-refractivity contribution < 1.29 is 22.8 Å². The average molecular weight is 545 g/mol. The summed E-state index contributed by atoms with van der Waals surface area (Å²) < 4.78 is 28.9. The Morgan fingerprint density at radius 2 is 1.72 bits per heavy atom. The van der Waals surface area contributed by atoms with E-state index in [0.717, 1.165) is 31.2 Å². The fourth-order valence-corrected chi connectivity index (χ4v) is 6.45. The zero-order chi connectivity index (χ0) is 27.7. The fraction of sp³-hybridized carbons (Fsp3) is 0.207. The highest BCUT2D eigenvalue weighted by molar-refractivity contribution is 7.89. The molecule has 1 aliphatic rings. The first-order valence-electron chi connectivity index (χ1n) is 12.5. The number of sulfonamides is 1. The summed E-state index contributed by atoms with van der Waals surface area (Å²) in [5.41, 5.74) is 3.58. The zero-order valence-corrected chi connectivity index (χ0v) is 22.4. The molecule has 10 heteroatoms. The van der Waals surface area contributed by atoms with E-state index >= 15 is 0 Å². The molecule has 3 amide bonds. The van der Waals surface area contributed by atoms with Crippen molar-refractivity contribution in [1.29, 1.82) is 0 Å². The number of nitrogens with zero attached hydrogens (tertiary/aromatic N) is 2. The van der Waals surface area contributed by atoms with Crippen LogP contribution in [0.25, 0.3) is 10.9 Å². The molecule has 5 rings (SSSR count). The number of nitrogens with one attached hydrogen (secondary N) is 2. The molecule has 1 aromatic heterocycles. The minimum absolute atomic E-state index is 0.0110. The van der Waals surface area contributed by atoms with Crippen molar-refractivity contribution in [3.63, 3.8) is 0 Å². The first-order valence-corrected chi connectivity index (χ1v) is 14.0. The Bertz CT molecular complexity index is 1660. The predicted octanol–water partition coefficient (Wildman–Crippen LogP) is 4.00. The summed E-state index contributed by atoms with van der Waals surface area (Å²) in [5, 5.41) is 3.61. The minimum Gasteiger partial charge on any atom is -0.361 e. The third-order valence-electron chi connectivity index (χ3n) is 6.82. The van der Waals surface area contributed by atoms with Gasteiger partial charge >= 0.3 is 0 Å². The van der Waals surface area contributed by atoms with Crippen LogP contribution in [0.1, 0.15) is 24.5 Å². The Hall–Kier alpha value is -4.28. The van der Waals surface area contributed by atoms with Gasteiger partial charge in [0.1, 0.15) is 6.04 Å². The van der Waals surface area contributed by atoms with Crippen LogP contribution in [0.2, 0.25) is 0 Å². The van der Waals surface area contributed by atoms with Gasteiger partial charge in [-0.15, -0.1) is 0 Å². The number of amides is 3. The van der Waals surface area contributed by atoms with Gasteiger partial charge in [-0.05, 0) is 61.4 Å². The largest absolute Gasteiger partial charge is 0.361 e. The summed E-state index contributed by atoms with van der Waals surface area (Å²) in [4.78, 5) is 42.3. The van der Waals surface area contributed by atoms with Gasteiger partial charge in [0.25, 0.3) is 5.91 Å². The van der Waals surface area contributed by atoms with Crippen molar-refractivity contribution in [3.05, 3.63) is 90.1 Å². The number of aromatic amines is 1. The topological polar surface area (TPSA) is 120 Å². The van der Waals surface area contributed by atoms with Crippen LogP contribution in [0.4, 0.5) is 11.4 Å². The smallest absolute Gasteiger partial charge is 0.252 e. The second-order valence-corrected chi connectivity index (χ2v) is 11.4. The number of anilines is 2. The van der Waals surface area contributed by atoms with E-state index in [1.807, 2.05) is 37.4 Å². The Morgan fingerprint density at radius 1 is 1.03 bits per heavy atom. The van der Waals surface area contributed by atoms with Gasteiger partial charge in [0.15, 0.2) is 0 Å². The second-order valence-electron chi connectivity index (χ2n) is 9.55. The first-order chi connectivity index (χ1) is 18.6. The third-order valence-corrected chi connectivity index (χ3v) is 8.74. The molecule has 200 valence electrons. The molecule has 1 fully saturated rings. The van der Waals surface area contributed by atoms with E-state index in [4.69, 9.17) is 0 Å². The van der Waals surface area contributed by atoms with E-state index in [1.165, 1.54) is 19.1 Å². The van der Waals surface area contributed by atoms with E-state index < -0.39 is 27.9 Å². The molecule has 2 heterocycles. The number of fused-ring (bicyclic) bond motifs is 1. The highest BCUT2D eigenvalue weighted by Gasteiger charge is 2.46. The van der Waals surface area contributed by atoms with Gasteiger partial charge in [-0.3, -0.25) is 14.4 Å². The number of rotatable bonds is 8. The van der Waals surface area contributed by atoms with Crippen molar-refractivity contribution in [3.8, 4) is 0 Å². The van der Waals surface area contributed by atoms with Crippen LogP contribution in [0.3, 0.4) is 0 Å². The van der Waals surface area contributed by atoms with Gasteiger partial charge < -0.3 is 10.3 Å². The van der Waals surface area contributed by atoms with Crippen molar-refractivity contribution >= 4 is 50.0 Å². The Kier molecular flexibility index (Phi) is 7.07. The van der Waals surface area contributed by atoms with Gasteiger partial charge in [-0.25, -0.2) is 13.3 Å². The van der Waals surface area contributed by atoms with E-state index in [9.17, 15) is 22.8 Å². The third kappa shape index (κ3) is 5.21. The maximum atomic E-state index is 13.9. The second kappa shape index (κ2) is 10.5. The van der Waals surface area contributed by atoms with E-state index in [1.54, 1.807) is 36.4 Å². The number of benzene rings is 3. The number of hydrogen-bond acceptors (Lipinski definition) is 5. The summed E-state index contributed by atoms with van der Waals surface area (Å²) in [6.07, 6.45) is 1.91. The lowest BCUT2D eigenvalue weighted by Gasteiger charge is -2.27. The Labute approximate surface area is 226 Å². The molecule has 2 N–H and O–H groups in total. The highest BCUT2D eigenvalue weighted by atomic mass is 32.2. The Balaban J connectivity index is 1.47. The molecule has 1 saturated heterocycles. The summed E-state index contributed by atoms with van der Waals surface area (Å²) >= 11 is 0. The van der Waals surface area contributed by atoms with Crippen LogP contribution in [-0.2, 0) is 30.8 Å². The number of H-pyrrole nitrogens is 1.